The van der Waals surface area contributed by atoms with Gasteiger partial charge in [0.2, 0.25) is 0 Å². The fraction of sp³-hybridized carbons (Fsp3) is 0.167. The smallest absolute Gasteiger partial charge is 0.122 e. The highest BCUT2D eigenvalue weighted by molar-refractivity contribution is 9.10. The van der Waals surface area contributed by atoms with Crippen LogP contribution < -0.4 is 0 Å². The summed E-state index contributed by atoms with van der Waals surface area (Å²) >= 11 is 7.04. The van der Waals surface area contributed by atoms with Crippen LogP contribution in [0.2, 0.25) is 0 Å². The first kappa shape index (κ1) is 11.0. The second-order valence-electron chi connectivity index (χ2n) is 3.36. The van der Waals surface area contributed by atoms with E-state index < -0.39 is 0 Å². The molecule has 0 aliphatic heterocycles. The van der Waals surface area contributed by atoms with Crippen molar-refractivity contribution in [3.05, 3.63) is 58.0 Å². The van der Waals surface area contributed by atoms with E-state index in [2.05, 4.69) is 44.0 Å². The summed E-state index contributed by atoms with van der Waals surface area (Å²) in [4.78, 5) is 0.124. The van der Waals surface area contributed by atoms with Crippen LogP contribution in [0.3, 0.4) is 0 Å². The molecule has 0 aliphatic rings. The van der Waals surface area contributed by atoms with Gasteiger partial charge in [0, 0.05) is 4.47 Å². The van der Waals surface area contributed by atoms with Gasteiger partial charge in [0.1, 0.15) is 11.5 Å². The average molecular weight is 330 g/mol. The third kappa shape index (κ3) is 2.52. The van der Waals surface area contributed by atoms with Crippen LogP contribution in [0, 0.1) is 6.92 Å². The number of rotatable bonds is 2. The average Bonchev–Trinajstić information content (AvgIpc) is 2.65. The Balaban J connectivity index is 2.28. The van der Waals surface area contributed by atoms with E-state index >= 15 is 0 Å². The molecule has 2 rings (SSSR count). The Morgan fingerprint density at radius 2 is 1.73 bits per heavy atom. The molecule has 0 fully saturated rings. The number of hydrogen-bond acceptors (Lipinski definition) is 1. The van der Waals surface area contributed by atoms with Gasteiger partial charge in [-0.05, 0) is 36.8 Å². The summed E-state index contributed by atoms with van der Waals surface area (Å²) in [6.45, 7) is 1.95. The van der Waals surface area contributed by atoms with Gasteiger partial charge in [0.05, 0.1) is 4.83 Å². The molecule has 3 heteroatoms. The number of benzene rings is 1. The number of furan rings is 1. The van der Waals surface area contributed by atoms with Crippen LogP contribution in [0.4, 0.5) is 0 Å². The third-order valence-electron chi connectivity index (χ3n) is 2.17. The first-order valence-electron chi connectivity index (χ1n) is 4.62. The van der Waals surface area contributed by atoms with Crippen LogP contribution in [-0.4, -0.2) is 0 Å². The van der Waals surface area contributed by atoms with E-state index in [-0.39, 0.29) is 4.83 Å². The minimum atomic E-state index is 0.124. The topological polar surface area (TPSA) is 13.1 Å². The van der Waals surface area contributed by atoms with Gasteiger partial charge in [-0.3, -0.25) is 0 Å². The molecule has 1 atom stereocenters. The molecule has 0 aliphatic carbocycles. The van der Waals surface area contributed by atoms with Crippen LogP contribution in [0.5, 0.6) is 0 Å². The highest BCUT2D eigenvalue weighted by Gasteiger charge is 2.13. The Kier molecular flexibility index (Phi) is 3.32. The molecule has 0 spiro atoms. The molecule has 0 amide bonds. The Labute approximate surface area is 106 Å². The molecule has 1 nitrogen and oxygen atoms in total. The molecule has 0 N–H and O–H groups in total. The van der Waals surface area contributed by atoms with Gasteiger partial charge in [0.15, 0.2) is 0 Å². The van der Waals surface area contributed by atoms with Crippen molar-refractivity contribution < 1.29 is 4.42 Å². The fourth-order valence-corrected chi connectivity index (χ4v) is 2.20. The predicted octanol–water partition coefficient (Wildman–Crippen LogP) is 4.83. The zero-order valence-corrected chi connectivity index (χ0v) is 11.4. The van der Waals surface area contributed by atoms with Gasteiger partial charge < -0.3 is 4.42 Å². The zero-order chi connectivity index (χ0) is 10.8. The highest BCUT2D eigenvalue weighted by Crippen LogP contribution is 2.32. The zero-order valence-electron chi connectivity index (χ0n) is 8.21. The van der Waals surface area contributed by atoms with Crippen molar-refractivity contribution in [2.24, 2.45) is 0 Å². The highest BCUT2D eigenvalue weighted by atomic mass is 79.9. The molecule has 15 heavy (non-hydrogen) atoms. The summed E-state index contributed by atoms with van der Waals surface area (Å²) in [7, 11) is 0. The molecular formula is C12H10Br2O. The van der Waals surface area contributed by atoms with Gasteiger partial charge in [0.25, 0.3) is 0 Å². The van der Waals surface area contributed by atoms with Crippen LogP contribution in [-0.2, 0) is 0 Å². The lowest BCUT2D eigenvalue weighted by molar-refractivity contribution is 0.492. The van der Waals surface area contributed by atoms with Gasteiger partial charge in [-0.25, -0.2) is 0 Å². The monoisotopic (exact) mass is 328 g/mol. The fourth-order valence-electron chi connectivity index (χ4n) is 1.39. The summed E-state index contributed by atoms with van der Waals surface area (Å²) in [5.41, 5.74) is 1.19. The minimum absolute atomic E-state index is 0.124. The van der Waals surface area contributed by atoms with Gasteiger partial charge in [-0.15, -0.1) is 0 Å². The van der Waals surface area contributed by atoms with Crippen LogP contribution >= 0.6 is 31.9 Å². The summed E-state index contributed by atoms with van der Waals surface area (Å²) in [5.74, 6) is 1.88. The molecule has 1 unspecified atom stereocenters. The first-order valence-corrected chi connectivity index (χ1v) is 6.33. The molecule has 0 saturated carbocycles. The van der Waals surface area contributed by atoms with Crippen molar-refractivity contribution in [1.29, 1.82) is 0 Å². The quantitative estimate of drug-likeness (QED) is 0.719. The second kappa shape index (κ2) is 4.54. The maximum Gasteiger partial charge on any atom is 0.122 e. The maximum absolute atomic E-state index is 5.57. The molecule has 1 heterocycles. The molecule has 0 radical (unpaired) electrons. The maximum atomic E-state index is 5.57. The van der Waals surface area contributed by atoms with E-state index in [1.807, 2.05) is 31.2 Å². The third-order valence-corrected chi connectivity index (χ3v) is 3.68. The van der Waals surface area contributed by atoms with Crippen LogP contribution in [0.25, 0.3) is 0 Å². The van der Waals surface area contributed by atoms with E-state index in [0.29, 0.717) is 0 Å². The van der Waals surface area contributed by atoms with Crippen molar-refractivity contribution in [3.63, 3.8) is 0 Å². The Morgan fingerprint density at radius 3 is 2.27 bits per heavy atom. The number of halogens is 2. The number of alkyl halides is 1. The molecule has 0 bridgehead atoms. The van der Waals surface area contributed by atoms with Crippen molar-refractivity contribution >= 4 is 31.9 Å². The molecular weight excluding hydrogens is 320 g/mol. The number of aryl methyl sites for hydroxylation is 1. The van der Waals surface area contributed by atoms with Gasteiger partial charge in [-0.2, -0.15) is 0 Å². The normalized spacial score (nSPS) is 12.7. The van der Waals surface area contributed by atoms with Gasteiger partial charge >= 0.3 is 0 Å². The SMILES string of the molecule is Cc1ccc(C(Br)c2ccc(Br)cc2)o1. The second-order valence-corrected chi connectivity index (χ2v) is 5.19. The lowest BCUT2D eigenvalue weighted by Crippen LogP contribution is -1.89. The summed E-state index contributed by atoms with van der Waals surface area (Å²) in [5, 5.41) is 0. The lowest BCUT2D eigenvalue weighted by atomic mass is 10.1. The standard InChI is InChI=1S/C12H10Br2O/c1-8-2-7-11(15-8)12(14)9-3-5-10(13)6-4-9/h2-7,12H,1H3. The van der Waals surface area contributed by atoms with E-state index in [1.165, 1.54) is 5.56 Å². The van der Waals surface area contributed by atoms with Crippen LogP contribution in [0.15, 0.2) is 45.3 Å². The van der Waals surface area contributed by atoms with Gasteiger partial charge in [-0.1, -0.05) is 44.0 Å². The Bertz CT molecular complexity index is 445. The predicted molar refractivity (Wildman–Crippen MR) is 68.4 cm³/mol. The molecule has 0 saturated heterocycles. The van der Waals surface area contributed by atoms with E-state index in [4.69, 9.17) is 4.42 Å². The van der Waals surface area contributed by atoms with E-state index in [1.54, 1.807) is 0 Å². The summed E-state index contributed by atoms with van der Waals surface area (Å²) < 4.78 is 6.66. The molecule has 78 valence electrons. The summed E-state index contributed by atoms with van der Waals surface area (Å²) in [6.07, 6.45) is 0. The Hall–Kier alpha value is -0.540. The Morgan fingerprint density at radius 1 is 1.07 bits per heavy atom. The van der Waals surface area contributed by atoms with Crippen molar-refractivity contribution in [3.8, 4) is 0 Å². The molecule has 1 aromatic carbocycles. The van der Waals surface area contributed by atoms with E-state index in [0.717, 1.165) is 16.0 Å². The van der Waals surface area contributed by atoms with Crippen molar-refractivity contribution in [1.82, 2.24) is 0 Å². The lowest BCUT2D eigenvalue weighted by Gasteiger charge is -2.06. The number of hydrogen-bond donors (Lipinski definition) is 0. The first-order chi connectivity index (χ1) is 7.16. The molecule has 1 aromatic heterocycles. The minimum Gasteiger partial charge on any atom is -0.465 e. The van der Waals surface area contributed by atoms with Crippen molar-refractivity contribution in [2.45, 2.75) is 11.8 Å². The summed E-state index contributed by atoms with van der Waals surface area (Å²) in [6, 6.07) is 12.2. The van der Waals surface area contributed by atoms with E-state index in [9.17, 15) is 0 Å². The van der Waals surface area contributed by atoms with Crippen LogP contribution in [0.1, 0.15) is 21.9 Å². The largest absolute Gasteiger partial charge is 0.465 e. The van der Waals surface area contributed by atoms with Crippen molar-refractivity contribution in [2.75, 3.05) is 0 Å². The molecule has 2 aromatic rings.